The standard InChI is InChI=1S/C18H20N4O2/c1-13-11-14-5-2-7-16(17(14)24-13)20-18(23)22-10-3-6-15(22)12-21-9-4-8-19-21/h2,4-5,7-9,11,15H,3,6,10,12H2,1H3,(H,20,23). The van der Waals surface area contributed by atoms with Gasteiger partial charge in [-0.05, 0) is 38.0 Å². The fraction of sp³-hybridized carbons (Fsp3) is 0.333. The van der Waals surface area contributed by atoms with Crippen molar-refractivity contribution in [2.45, 2.75) is 32.4 Å². The van der Waals surface area contributed by atoms with Crippen molar-refractivity contribution >= 4 is 22.7 Å². The molecule has 0 radical (unpaired) electrons. The number of amides is 2. The van der Waals surface area contributed by atoms with E-state index in [1.165, 1.54) is 0 Å². The molecule has 1 aromatic carbocycles. The van der Waals surface area contributed by atoms with Gasteiger partial charge in [-0.2, -0.15) is 5.10 Å². The normalized spacial score (nSPS) is 17.5. The second-order valence-corrected chi connectivity index (χ2v) is 6.23. The smallest absolute Gasteiger partial charge is 0.322 e. The highest BCUT2D eigenvalue weighted by Gasteiger charge is 2.29. The van der Waals surface area contributed by atoms with Crippen LogP contribution in [0, 0.1) is 6.92 Å². The van der Waals surface area contributed by atoms with E-state index in [2.05, 4.69) is 10.4 Å². The van der Waals surface area contributed by atoms with E-state index in [4.69, 9.17) is 4.42 Å². The number of para-hydroxylation sites is 1. The first-order valence-corrected chi connectivity index (χ1v) is 8.25. The number of aromatic nitrogens is 2. The van der Waals surface area contributed by atoms with Crippen molar-refractivity contribution in [2.75, 3.05) is 11.9 Å². The second-order valence-electron chi connectivity index (χ2n) is 6.23. The molecule has 4 rings (SSSR count). The highest BCUT2D eigenvalue weighted by Crippen LogP contribution is 2.28. The number of aryl methyl sites for hydroxylation is 1. The third kappa shape index (κ3) is 2.75. The van der Waals surface area contributed by atoms with Gasteiger partial charge in [-0.1, -0.05) is 12.1 Å². The minimum Gasteiger partial charge on any atom is -0.459 e. The molecule has 1 unspecified atom stereocenters. The molecule has 124 valence electrons. The molecule has 1 aliphatic heterocycles. The van der Waals surface area contributed by atoms with Crippen LogP contribution in [0.4, 0.5) is 10.5 Å². The van der Waals surface area contributed by atoms with Crippen molar-refractivity contribution in [1.82, 2.24) is 14.7 Å². The lowest BCUT2D eigenvalue weighted by atomic mass is 10.2. The van der Waals surface area contributed by atoms with Crippen LogP contribution in [0.25, 0.3) is 11.0 Å². The molecule has 1 aliphatic rings. The summed E-state index contributed by atoms with van der Waals surface area (Å²) in [5.41, 5.74) is 1.45. The number of anilines is 1. The van der Waals surface area contributed by atoms with Gasteiger partial charge in [0, 0.05) is 24.3 Å². The molecule has 1 fully saturated rings. The molecule has 6 nitrogen and oxygen atoms in total. The van der Waals surface area contributed by atoms with Gasteiger partial charge in [0.2, 0.25) is 0 Å². The van der Waals surface area contributed by atoms with Crippen molar-refractivity contribution in [3.05, 3.63) is 48.5 Å². The van der Waals surface area contributed by atoms with E-state index < -0.39 is 0 Å². The fourth-order valence-corrected chi connectivity index (χ4v) is 3.39. The third-order valence-electron chi connectivity index (χ3n) is 4.50. The van der Waals surface area contributed by atoms with Gasteiger partial charge in [-0.15, -0.1) is 0 Å². The quantitative estimate of drug-likeness (QED) is 0.800. The Balaban J connectivity index is 1.52. The summed E-state index contributed by atoms with van der Waals surface area (Å²) < 4.78 is 7.61. The van der Waals surface area contributed by atoms with Crippen LogP contribution < -0.4 is 5.32 Å². The van der Waals surface area contributed by atoms with Crippen LogP contribution in [0.5, 0.6) is 0 Å². The maximum Gasteiger partial charge on any atom is 0.322 e. The van der Waals surface area contributed by atoms with Gasteiger partial charge in [-0.25, -0.2) is 4.79 Å². The Morgan fingerprint density at radius 2 is 2.33 bits per heavy atom. The third-order valence-corrected chi connectivity index (χ3v) is 4.50. The molecule has 1 saturated heterocycles. The summed E-state index contributed by atoms with van der Waals surface area (Å²) in [6.07, 6.45) is 5.71. The van der Waals surface area contributed by atoms with Crippen LogP contribution >= 0.6 is 0 Å². The van der Waals surface area contributed by atoms with Gasteiger partial charge >= 0.3 is 6.03 Å². The van der Waals surface area contributed by atoms with Gasteiger partial charge < -0.3 is 14.6 Å². The van der Waals surface area contributed by atoms with Crippen LogP contribution in [0.15, 0.2) is 47.1 Å². The van der Waals surface area contributed by atoms with Crippen LogP contribution in [-0.2, 0) is 6.54 Å². The predicted octanol–water partition coefficient (Wildman–Crippen LogP) is 3.63. The minimum atomic E-state index is -0.0776. The molecule has 3 aromatic rings. The SMILES string of the molecule is Cc1cc2cccc(NC(=O)N3CCCC3Cn3cccn3)c2o1. The molecule has 0 bridgehead atoms. The zero-order valence-electron chi connectivity index (χ0n) is 13.6. The predicted molar refractivity (Wildman–Crippen MR) is 91.9 cm³/mol. The molecule has 2 aromatic heterocycles. The molecule has 0 aliphatic carbocycles. The monoisotopic (exact) mass is 324 g/mol. The second kappa shape index (κ2) is 6.03. The molecular formula is C18H20N4O2. The molecular weight excluding hydrogens is 304 g/mol. The van der Waals surface area contributed by atoms with Gasteiger partial charge in [-0.3, -0.25) is 4.68 Å². The van der Waals surface area contributed by atoms with E-state index in [1.807, 2.05) is 53.0 Å². The molecule has 2 amide bonds. The first-order chi connectivity index (χ1) is 11.7. The van der Waals surface area contributed by atoms with Crippen LogP contribution in [-0.4, -0.2) is 33.3 Å². The summed E-state index contributed by atoms with van der Waals surface area (Å²) in [6, 6.07) is 9.76. The van der Waals surface area contributed by atoms with Crippen molar-refractivity contribution in [3.63, 3.8) is 0 Å². The Bertz CT molecular complexity index is 853. The largest absolute Gasteiger partial charge is 0.459 e. The maximum absolute atomic E-state index is 12.7. The molecule has 0 spiro atoms. The van der Waals surface area contributed by atoms with E-state index in [9.17, 15) is 4.79 Å². The maximum atomic E-state index is 12.7. The Morgan fingerprint density at radius 1 is 1.42 bits per heavy atom. The first-order valence-electron chi connectivity index (χ1n) is 8.25. The average molecular weight is 324 g/mol. The number of likely N-dealkylation sites (tertiary alicyclic amines) is 1. The van der Waals surface area contributed by atoms with Crippen molar-refractivity contribution in [3.8, 4) is 0 Å². The molecule has 1 atom stereocenters. The summed E-state index contributed by atoms with van der Waals surface area (Å²) in [4.78, 5) is 14.6. The van der Waals surface area contributed by atoms with Crippen LogP contribution in [0.1, 0.15) is 18.6 Å². The van der Waals surface area contributed by atoms with E-state index in [0.29, 0.717) is 0 Å². The number of furan rings is 1. The van der Waals surface area contributed by atoms with Crippen LogP contribution in [0.3, 0.4) is 0 Å². The number of nitrogens with one attached hydrogen (secondary N) is 1. The molecule has 3 heterocycles. The molecule has 0 saturated carbocycles. The van der Waals surface area contributed by atoms with E-state index in [-0.39, 0.29) is 12.1 Å². The number of nitrogens with zero attached hydrogens (tertiary/aromatic N) is 3. The Hall–Kier alpha value is -2.76. The molecule has 6 heteroatoms. The first kappa shape index (κ1) is 14.8. The molecule has 24 heavy (non-hydrogen) atoms. The summed E-state index contributed by atoms with van der Waals surface area (Å²) in [5, 5.41) is 8.26. The minimum absolute atomic E-state index is 0.0776. The number of fused-ring (bicyclic) bond motifs is 1. The molecule has 1 N–H and O–H groups in total. The van der Waals surface area contributed by atoms with E-state index in [0.717, 1.165) is 48.3 Å². The Kier molecular flexibility index (Phi) is 3.72. The summed E-state index contributed by atoms with van der Waals surface area (Å²) in [5.74, 6) is 0.837. The average Bonchev–Trinajstić information content (AvgIpc) is 3.28. The Morgan fingerprint density at radius 3 is 3.17 bits per heavy atom. The zero-order valence-corrected chi connectivity index (χ0v) is 13.6. The fourth-order valence-electron chi connectivity index (χ4n) is 3.39. The summed E-state index contributed by atoms with van der Waals surface area (Å²) >= 11 is 0. The number of carbonyl (C=O) groups excluding carboxylic acids is 1. The highest BCUT2D eigenvalue weighted by molar-refractivity contribution is 5.99. The number of hydrogen-bond acceptors (Lipinski definition) is 3. The highest BCUT2D eigenvalue weighted by atomic mass is 16.3. The van der Waals surface area contributed by atoms with Crippen molar-refractivity contribution in [2.24, 2.45) is 0 Å². The lowest BCUT2D eigenvalue weighted by molar-refractivity contribution is 0.199. The zero-order chi connectivity index (χ0) is 16.5. The van der Waals surface area contributed by atoms with Crippen molar-refractivity contribution < 1.29 is 9.21 Å². The summed E-state index contributed by atoms with van der Waals surface area (Å²) in [7, 11) is 0. The van der Waals surface area contributed by atoms with Gasteiger partial charge in [0.1, 0.15) is 5.76 Å². The van der Waals surface area contributed by atoms with Crippen LogP contribution in [0.2, 0.25) is 0 Å². The van der Waals surface area contributed by atoms with E-state index in [1.54, 1.807) is 6.20 Å². The van der Waals surface area contributed by atoms with Gasteiger partial charge in [0.05, 0.1) is 18.3 Å². The van der Waals surface area contributed by atoms with Gasteiger partial charge in [0.15, 0.2) is 5.58 Å². The lowest BCUT2D eigenvalue weighted by Gasteiger charge is -2.25. The Labute approximate surface area is 140 Å². The summed E-state index contributed by atoms with van der Waals surface area (Å²) in [6.45, 7) is 3.40. The van der Waals surface area contributed by atoms with Crippen molar-refractivity contribution in [1.29, 1.82) is 0 Å². The number of rotatable bonds is 3. The topological polar surface area (TPSA) is 63.3 Å². The lowest BCUT2D eigenvalue weighted by Crippen LogP contribution is -2.40. The van der Waals surface area contributed by atoms with E-state index >= 15 is 0 Å². The number of benzene rings is 1. The number of urea groups is 1. The van der Waals surface area contributed by atoms with Gasteiger partial charge in [0.25, 0.3) is 0 Å². The number of carbonyl (C=O) groups is 1. The number of hydrogen-bond donors (Lipinski definition) is 1.